The van der Waals surface area contributed by atoms with Gasteiger partial charge in [0.2, 0.25) is 0 Å². The van der Waals surface area contributed by atoms with Crippen LogP contribution in [0.2, 0.25) is 0 Å². The first-order valence-corrected chi connectivity index (χ1v) is 6.70. The molecule has 3 nitrogen and oxygen atoms in total. The maximum Gasteiger partial charge on any atom is 0.134 e. The standard InChI is InChI=1S/C14H23N3/c1-5-12-10(3)13(15-4)17-14(16-12)11-7-6-9(2)8-11/h9,11H,5-8H2,1-4H3,(H,15,16,17). The van der Waals surface area contributed by atoms with Crippen LogP contribution < -0.4 is 5.32 Å². The number of hydrogen-bond acceptors (Lipinski definition) is 3. The summed E-state index contributed by atoms with van der Waals surface area (Å²) in [5, 5.41) is 3.19. The molecule has 1 heterocycles. The molecule has 1 N–H and O–H groups in total. The second kappa shape index (κ2) is 5.03. The Hall–Kier alpha value is -1.12. The number of aromatic nitrogens is 2. The van der Waals surface area contributed by atoms with E-state index in [0.717, 1.165) is 24.0 Å². The van der Waals surface area contributed by atoms with E-state index < -0.39 is 0 Å². The summed E-state index contributed by atoms with van der Waals surface area (Å²) in [6.07, 6.45) is 4.79. The molecule has 0 saturated heterocycles. The fourth-order valence-electron chi connectivity index (χ4n) is 2.79. The van der Waals surface area contributed by atoms with Crippen LogP contribution in [0, 0.1) is 12.8 Å². The van der Waals surface area contributed by atoms with Gasteiger partial charge in [0.15, 0.2) is 0 Å². The van der Waals surface area contributed by atoms with Crippen LogP contribution in [0.3, 0.4) is 0 Å². The molecule has 2 unspecified atom stereocenters. The summed E-state index contributed by atoms with van der Waals surface area (Å²) in [7, 11) is 1.94. The van der Waals surface area contributed by atoms with Gasteiger partial charge in [0, 0.05) is 24.2 Å². The Morgan fingerprint density at radius 3 is 2.59 bits per heavy atom. The lowest BCUT2D eigenvalue weighted by Crippen LogP contribution is -2.09. The van der Waals surface area contributed by atoms with E-state index in [2.05, 4.69) is 26.1 Å². The third-order valence-corrected chi connectivity index (χ3v) is 3.90. The smallest absolute Gasteiger partial charge is 0.134 e. The summed E-state index contributed by atoms with van der Waals surface area (Å²) in [6.45, 7) is 6.59. The van der Waals surface area contributed by atoms with Gasteiger partial charge in [-0.2, -0.15) is 0 Å². The Kier molecular flexibility index (Phi) is 3.65. The third-order valence-electron chi connectivity index (χ3n) is 3.90. The van der Waals surface area contributed by atoms with E-state index in [1.807, 2.05) is 7.05 Å². The van der Waals surface area contributed by atoms with E-state index in [-0.39, 0.29) is 0 Å². The van der Waals surface area contributed by atoms with Crippen LogP contribution in [-0.4, -0.2) is 17.0 Å². The molecule has 1 aromatic heterocycles. The van der Waals surface area contributed by atoms with Crippen LogP contribution in [0.15, 0.2) is 0 Å². The molecule has 0 aromatic carbocycles. The predicted octanol–water partition coefficient (Wildman–Crippen LogP) is 3.29. The molecular weight excluding hydrogens is 210 g/mol. The summed E-state index contributed by atoms with van der Waals surface area (Å²) < 4.78 is 0. The predicted molar refractivity (Wildman–Crippen MR) is 71.4 cm³/mol. The fraction of sp³-hybridized carbons (Fsp3) is 0.714. The lowest BCUT2D eigenvalue weighted by Gasteiger charge is -2.14. The Balaban J connectivity index is 2.34. The zero-order valence-corrected chi connectivity index (χ0v) is 11.4. The highest BCUT2D eigenvalue weighted by molar-refractivity contribution is 5.45. The summed E-state index contributed by atoms with van der Waals surface area (Å²) >= 11 is 0. The zero-order chi connectivity index (χ0) is 12.4. The van der Waals surface area contributed by atoms with E-state index in [1.54, 1.807) is 0 Å². The molecule has 2 atom stereocenters. The van der Waals surface area contributed by atoms with E-state index in [9.17, 15) is 0 Å². The van der Waals surface area contributed by atoms with Gasteiger partial charge in [0.25, 0.3) is 0 Å². The van der Waals surface area contributed by atoms with Crippen LogP contribution in [0.5, 0.6) is 0 Å². The van der Waals surface area contributed by atoms with Crippen molar-refractivity contribution in [3.63, 3.8) is 0 Å². The first kappa shape index (κ1) is 12.3. The van der Waals surface area contributed by atoms with Gasteiger partial charge in [-0.3, -0.25) is 0 Å². The first-order chi connectivity index (χ1) is 8.15. The summed E-state index contributed by atoms with van der Waals surface area (Å²) in [5.41, 5.74) is 2.39. The molecular formula is C14H23N3. The van der Waals surface area contributed by atoms with Crippen molar-refractivity contribution < 1.29 is 0 Å². The highest BCUT2D eigenvalue weighted by atomic mass is 15.0. The third kappa shape index (κ3) is 2.43. The fourth-order valence-corrected chi connectivity index (χ4v) is 2.79. The van der Waals surface area contributed by atoms with Crippen molar-refractivity contribution >= 4 is 5.82 Å². The highest BCUT2D eigenvalue weighted by Crippen LogP contribution is 2.37. The average Bonchev–Trinajstić information content (AvgIpc) is 2.76. The minimum Gasteiger partial charge on any atom is -0.373 e. The summed E-state index contributed by atoms with van der Waals surface area (Å²) in [4.78, 5) is 9.46. The van der Waals surface area contributed by atoms with E-state index in [4.69, 9.17) is 9.97 Å². The Morgan fingerprint density at radius 1 is 1.29 bits per heavy atom. The van der Waals surface area contributed by atoms with Crippen molar-refractivity contribution in [1.82, 2.24) is 9.97 Å². The molecule has 0 amide bonds. The van der Waals surface area contributed by atoms with Crippen molar-refractivity contribution in [2.24, 2.45) is 5.92 Å². The number of rotatable bonds is 3. The number of hydrogen-bond donors (Lipinski definition) is 1. The molecule has 1 aliphatic rings. The van der Waals surface area contributed by atoms with Crippen molar-refractivity contribution in [2.45, 2.75) is 52.4 Å². The maximum atomic E-state index is 4.76. The van der Waals surface area contributed by atoms with Crippen LogP contribution >= 0.6 is 0 Å². The highest BCUT2D eigenvalue weighted by Gasteiger charge is 2.26. The molecule has 1 fully saturated rings. The molecule has 0 bridgehead atoms. The minimum atomic E-state index is 0.572. The van der Waals surface area contributed by atoms with Crippen molar-refractivity contribution in [3.8, 4) is 0 Å². The van der Waals surface area contributed by atoms with E-state index in [1.165, 1.54) is 30.5 Å². The van der Waals surface area contributed by atoms with Crippen LogP contribution in [0.4, 0.5) is 5.82 Å². The van der Waals surface area contributed by atoms with Crippen molar-refractivity contribution in [1.29, 1.82) is 0 Å². The average molecular weight is 233 g/mol. The molecule has 0 aliphatic heterocycles. The monoisotopic (exact) mass is 233 g/mol. The van der Waals surface area contributed by atoms with Crippen LogP contribution in [0.1, 0.15) is 56.1 Å². The number of aryl methyl sites for hydroxylation is 1. The molecule has 0 spiro atoms. The Labute approximate surface area is 104 Å². The van der Waals surface area contributed by atoms with Crippen molar-refractivity contribution in [3.05, 3.63) is 17.1 Å². The molecule has 1 saturated carbocycles. The first-order valence-electron chi connectivity index (χ1n) is 6.70. The largest absolute Gasteiger partial charge is 0.373 e. The Bertz CT molecular complexity index is 375. The van der Waals surface area contributed by atoms with Gasteiger partial charge in [-0.25, -0.2) is 9.97 Å². The van der Waals surface area contributed by atoms with Crippen LogP contribution in [0.25, 0.3) is 0 Å². The van der Waals surface area contributed by atoms with Crippen molar-refractivity contribution in [2.75, 3.05) is 12.4 Å². The van der Waals surface area contributed by atoms with E-state index >= 15 is 0 Å². The van der Waals surface area contributed by atoms with Gasteiger partial charge in [0.1, 0.15) is 11.6 Å². The second-order valence-electron chi connectivity index (χ2n) is 5.22. The lowest BCUT2D eigenvalue weighted by atomic mass is 10.0. The molecule has 2 rings (SSSR count). The topological polar surface area (TPSA) is 37.8 Å². The SMILES string of the molecule is CCc1nc(C2CCC(C)C2)nc(NC)c1C. The maximum absolute atomic E-state index is 4.76. The molecule has 17 heavy (non-hydrogen) atoms. The number of nitrogens with one attached hydrogen (secondary N) is 1. The summed E-state index contributed by atoms with van der Waals surface area (Å²) in [6, 6.07) is 0. The quantitative estimate of drug-likeness (QED) is 0.870. The molecule has 0 radical (unpaired) electrons. The zero-order valence-electron chi connectivity index (χ0n) is 11.4. The Morgan fingerprint density at radius 2 is 2.06 bits per heavy atom. The lowest BCUT2D eigenvalue weighted by molar-refractivity contribution is 0.584. The van der Waals surface area contributed by atoms with Gasteiger partial charge in [-0.05, 0) is 38.5 Å². The van der Waals surface area contributed by atoms with Gasteiger partial charge >= 0.3 is 0 Å². The summed E-state index contributed by atoms with van der Waals surface area (Å²) in [5.74, 6) is 3.46. The van der Waals surface area contributed by atoms with Gasteiger partial charge < -0.3 is 5.32 Å². The van der Waals surface area contributed by atoms with Gasteiger partial charge in [-0.1, -0.05) is 13.8 Å². The molecule has 1 aromatic rings. The normalized spacial score (nSPS) is 24.0. The van der Waals surface area contributed by atoms with Crippen LogP contribution in [-0.2, 0) is 6.42 Å². The molecule has 94 valence electrons. The molecule has 3 heteroatoms. The number of anilines is 1. The van der Waals surface area contributed by atoms with Gasteiger partial charge in [0.05, 0.1) is 0 Å². The molecule has 1 aliphatic carbocycles. The minimum absolute atomic E-state index is 0.572. The van der Waals surface area contributed by atoms with Gasteiger partial charge in [-0.15, -0.1) is 0 Å². The second-order valence-corrected chi connectivity index (χ2v) is 5.22. The van der Waals surface area contributed by atoms with E-state index in [0.29, 0.717) is 5.92 Å². The number of nitrogens with zero attached hydrogens (tertiary/aromatic N) is 2.